The molecule has 2 aromatic rings. The summed E-state index contributed by atoms with van der Waals surface area (Å²) in [5.41, 5.74) is 2.52. The zero-order valence-corrected chi connectivity index (χ0v) is 16.6. The fourth-order valence-corrected chi connectivity index (χ4v) is 3.77. The van der Waals surface area contributed by atoms with Gasteiger partial charge in [-0.2, -0.15) is 0 Å². The Hall–Kier alpha value is -1.89. The van der Waals surface area contributed by atoms with Gasteiger partial charge in [-0.25, -0.2) is 0 Å². The van der Waals surface area contributed by atoms with Gasteiger partial charge in [-0.15, -0.1) is 0 Å². The second-order valence-corrected chi connectivity index (χ2v) is 6.85. The first kappa shape index (κ1) is 19.9. The minimum absolute atomic E-state index is 0.0910. The molecule has 0 atom stereocenters. The lowest BCUT2D eigenvalue weighted by Crippen LogP contribution is -2.30. The zero-order valence-electron chi connectivity index (χ0n) is 16.6. The number of methoxy groups -OCH3 is 2. The Kier molecular flexibility index (Phi) is 6.88. The second-order valence-electron chi connectivity index (χ2n) is 6.85. The quantitative estimate of drug-likeness (QED) is 0.524. The van der Waals surface area contributed by atoms with Crippen molar-refractivity contribution in [3.8, 4) is 0 Å². The molecule has 1 aromatic heterocycles. The summed E-state index contributed by atoms with van der Waals surface area (Å²) in [6.07, 6.45) is 3.05. The van der Waals surface area contributed by atoms with Crippen molar-refractivity contribution in [2.24, 2.45) is 0 Å². The average Bonchev–Trinajstić information content (AvgIpc) is 2.71. The molecule has 0 N–H and O–H groups in total. The first-order valence-corrected chi connectivity index (χ1v) is 9.75. The van der Waals surface area contributed by atoms with Crippen LogP contribution in [0.15, 0.2) is 29.1 Å². The lowest BCUT2D eigenvalue weighted by molar-refractivity contribution is -0.106. The van der Waals surface area contributed by atoms with Crippen LogP contribution in [0.25, 0.3) is 10.9 Å². The van der Waals surface area contributed by atoms with E-state index < -0.39 is 6.29 Å². The molecule has 3 rings (SSSR count). The molecule has 1 saturated heterocycles. The van der Waals surface area contributed by atoms with Crippen LogP contribution in [0, 0.1) is 0 Å². The van der Waals surface area contributed by atoms with E-state index >= 15 is 0 Å². The van der Waals surface area contributed by atoms with E-state index in [1.807, 2.05) is 13.0 Å². The van der Waals surface area contributed by atoms with Crippen LogP contribution in [0.4, 0.5) is 5.69 Å². The Labute approximate surface area is 160 Å². The van der Waals surface area contributed by atoms with E-state index in [1.165, 1.54) is 24.9 Å². The molecule has 6 heteroatoms. The van der Waals surface area contributed by atoms with Crippen LogP contribution in [0.2, 0.25) is 0 Å². The third kappa shape index (κ3) is 4.34. The Bertz CT molecular complexity index is 808. The van der Waals surface area contributed by atoms with Gasteiger partial charge in [-0.1, -0.05) is 6.07 Å². The normalized spacial score (nSPS) is 15.0. The van der Waals surface area contributed by atoms with E-state index in [1.54, 1.807) is 18.8 Å². The lowest BCUT2D eigenvalue weighted by Gasteiger charge is -2.29. The van der Waals surface area contributed by atoms with E-state index in [4.69, 9.17) is 14.2 Å². The zero-order chi connectivity index (χ0) is 19.2. The van der Waals surface area contributed by atoms with Gasteiger partial charge in [0.05, 0.1) is 17.7 Å². The van der Waals surface area contributed by atoms with Gasteiger partial charge in [0, 0.05) is 46.1 Å². The predicted octanol–water partition coefficient (Wildman–Crippen LogP) is 3.32. The van der Waals surface area contributed by atoms with Crippen molar-refractivity contribution in [2.75, 3.05) is 45.4 Å². The van der Waals surface area contributed by atoms with Crippen molar-refractivity contribution in [3.63, 3.8) is 0 Å². The summed E-state index contributed by atoms with van der Waals surface area (Å²) in [4.78, 5) is 15.6. The maximum Gasteiger partial charge on any atom is 0.259 e. The number of rotatable bonds is 8. The summed E-state index contributed by atoms with van der Waals surface area (Å²) in [6.45, 7) is 5.72. The van der Waals surface area contributed by atoms with Crippen molar-refractivity contribution in [1.29, 1.82) is 0 Å². The van der Waals surface area contributed by atoms with Gasteiger partial charge in [-0.3, -0.25) is 4.79 Å². The highest BCUT2D eigenvalue weighted by Gasteiger charge is 2.19. The molecule has 0 amide bonds. The van der Waals surface area contributed by atoms with Crippen LogP contribution >= 0.6 is 0 Å². The van der Waals surface area contributed by atoms with Crippen molar-refractivity contribution < 1.29 is 14.2 Å². The lowest BCUT2D eigenvalue weighted by atomic mass is 10.1. The van der Waals surface area contributed by atoms with Crippen LogP contribution < -0.4 is 10.5 Å². The number of hydrogen-bond donors (Lipinski definition) is 0. The third-order valence-electron chi connectivity index (χ3n) is 5.17. The molecule has 0 spiro atoms. The molecule has 0 unspecified atom stereocenters. The Morgan fingerprint density at radius 1 is 1.07 bits per heavy atom. The number of benzene rings is 1. The minimum Gasteiger partial charge on any atom is -0.380 e. The summed E-state index contributed by atoms with van der Waals surface area (Å²) >= 11 is 0. The van der Waals surface area contributed by atoms with Crippen LogP contribution in [-0.4, -0.2) is 45.1 Å². The number of fused-ring (bicyclic) bond motifs is 1. The van der Waals surface area contributed by atoms with Crippen molar-refractivity contribution in [1.82, 2.24) is 4.57 Å². The number of hydrogen-bond acceptors (Lipinski definition) is 5. The van der Waals surface area contributed by atoms with Gasteiger partial charge in [0.25, 0.3) is 5.56 Å². The summed E-state index contributed by atoms with van der Waals surface area (Å²) in [7, 11) is 3.09. The van der Waals surface area contributed by atoms with Gasteiger partial charge in [0.2, 0.25) is 0 Å². The summed E-state index contributed by atoms with van der Waals surface area (Å²) in [5.74, 6) is 0. The molecule has 27 heavy (non-hydrogen) atoms. The monoisotopic (exact) mass is 374 g/mol. The highest BCUT2D eigenvalue weighted by molar-refractivity contribution is 5.83. The molecule has 1 fully saturated rings. The van der Waals surface area contributed by atoms with Gasteiger partial charge >= 0.3 is 0 Å². The first-order valence-electron chi connectivity index (χ1n) is 9.75. The van der Waals surface area contributed by atoms with Gasteiger partial charge in [0.1, 0.15) is 0 Å². The smallest absolute Gasteiger partial charge is 0.259 e. The van der Waals surface area contributed by atoms with Crippen LogP contribution in [0.3, 0.4) is 0 Å². The largest absolute Gasteiger partial charge is 0.380 e. The summed E-state index contributed by atoms with van der Waals surface area (Å²) < 4.78 is 18.0. The molecule has 0 aliphatic carbocycles. The molecule has 0 saturated carbocycles. The number of piperidine rings is 1. The average molecular weight is 374 g/mol. The molecule has 148 valence electrons. The molecule has 0 bridgehead atoms. The number of anilines is 1. The van der Waals surface area contributed by atoms with E-state index in [0.717, 1.165) is 24.0 Å². The highest BCUT2D eigenvalue weighted by atomic mass is 16.7. The first-order chi connectivity index (χ1) is 13.2. The van der Waals surface area contributed by atoms with E-state index in [2.05, 4.69) is 23.1 Å². The number of aromatic nitrogens is 1. The fourth-order valence-electron chi connectivity index (χ4n) is 3.77. The Morgan fingerprint density at radius 2 is 1.81 bits per heavy atom. The number of pyridine rings is 1. The third-order valence-corrected chi connectivity index (χ3v) is 5.17. The van der Waals surface area contributed by atoms with Gasteiger partial charge < -0.3 is 23.7 Å². The van der Waals surface area contributed by atoms with Gasteiger partial charge in [0.15, 0.2) is 6.29 Å². The molecule has 0 radical (unpaired) electrons. The fraction of sp³-hybridized carbons (Fsp3) is 0.571. The SMILES string of the molecule is CCOCCn1c(=O)c(C(OC)OC)cc2ccc(N3CCCCC3)cc21. The summed E-state index contributed by atoms with van der Waals surface area (Å²) in [6, 6.07) is 8.24. The topological polar surface area (TPSA) is 52.9 Å². The molecule has 1 aromatic carbocycles. The Morgan fingerprint density at radius 3 is 2.48 bits per heavy atom. The number of nitrogens with zero attached hydrogens (tertiary/aromatic N) is 2. The van der Waals surface area contributed by atoms with Crippen molar-refractivity contribution in [3.05, 3.63) is 40.2 Å². The van der Waals surface area contributed by atoms with E-state index in [9.17, 15) is 4.79 Å². The number of ether oxygens (including phenoxy) is 3. The van der Waals surface area contributed by atoms with Crippen LogP contribution in [0.1, 0.15) is 38.0 Å². The van der Waals surface area contributed by atoms with Crippen molar-refractivity contribution >= 4 is 16.6 Å². The Balaban J connectivity index is 2.08. The highest BCUT2D eigenvalue weighted by Crippen LogP contribution is 2.26. The predicted molar refractivity (Wildman–Crippen MR) is 108 cm³/mol. The molecule has 2 heterocycles. The van der Waals surface area contributed by atoms with Crippen LogP contribution in [0.5, 0.6) is 0 Å². The minimum atomic E-state index is -0.679. The molecule has 1 aliphatic rings. The molecular weight excluding hydrogens is 344 g/mol. The molecular formula is C21H30N2O4. The maximum absolute atomic E-state index is 13.2. The van der Waals surface area contributed by atoms with E-state index in [-0.39, 0.29) is 5.56 Å². The van der Waals surface area contributed by atoms with Gasteiger partial charge in [-0.05, 0) is 49.8 Å². The molecule has 1 aliphatic heterocycles. The van der Waals surface area contributed by atoms with Crippen molar-refractivity contribution in [2.45, 2.75) is 39.0 Å². The van der Waals surface area contributed by atoms with Crippen LogP contribution in [-0.2, 0) is 20.8 Å². The second kappa shape index (κ2) is 9.35. The molecule has 6 nitrogen and oxygen atoms in total. The maximum atomic E-state index is 13.2. The standard InChI is InChI=1S/C21H30N2O4/c1-4-27-13-12-23-19-15-17(22-10-6-5-7-11-22)9-8-16(19)14-18(20(23)24)21(25-2)26-3/h8-9,14-15,21H,4-7,10-13H2,1-3H3. The van der Waals surface area contributed by atoms with E-state index in [0.29, 0.717) is 25.3 Å². The summed E-state index contributed by atoms with van der Waals surface area (Å²) in [5, 5.41) is 1.00.